The molecule has 2 aliphatic rings. The molecule has 2 aliphatic heterocycles. The number of aryl methyl sites for hydroxylation is 2. The summed E-state index contributed by atoms with van der Waals surface area (Å²) in [6.07, 6.45) is 0.668. The summed E-state index contributed by atoms with van der Waals surface area (Å²) in [6.45, 7) is 9.19. The zero-order valence-corrected chi connectivity index (χ0v) is 22.1. The van der Waals surface area contributed by atoms with Crippen LogP contribution in [0.5, 0.6) is 5.75 Å². The third-order valence-electron chi connectivity index (χ3n) is 7.43. The Labute approximate surface area is 220 Å². The van der Waals surface area contributed by atoms with Gasteiger partial charge in [0.1, 0.15) is 5.75 Å². The van der Waals surface area contributed by atoms with Crippen molar-refractivity contribution in [2.75, 3.05) is 39.8 Å². The lowest BCUT2D eigenvalue weighted by atomic mass is 9.95. The average molecular weight is 497 g/mol. The summed E-state index contributed by atoms with van der Waals surface area (Å²) in [5, 5.41) is 6.64. The number of methoxy groups -OCH3 is 1. The predicted octanol–water partition coefficient (Wildman–Crippen LogP) is 4.81. The van der Waals surface area contributed by atoms with Crippen molar-refractivity contribution in [2.24, 2.45) is 5.10 Å². The van der Waals surface area contributed by atoms with Crippen molar-refractivity contribution < 1.29 is 9.53 Å². The number of nitrogens with zero attached hydrogens (tertiary/aromatic N) is 4. The van der Waals surface area contributed by atoms with Gasteiger partial charge in [-0.2, -0.15) is 5.10 Å². The van der Waals surface area contributed by atoms with Crippen LogP contribution in [0.2, 0.25) is 0 Å². The minimum absolute atomic E-state index is 0.0344. The smallest absolute Gasteiger partial charge is 0.257 e. The number of carbonyl (C=O) groups is 1. The van der Waals surface area contributed by atoms with E-state index < -0.39 is 0 Å². The van der Waals surface area contributed by atoms with Crippen LogP contribution in [0.15, 0.2) is 77.9 Å². The highest BCUT2D eigenvalue weighted by Crippen LogP contribution is 2.38. The van der Waals surface area contributed by atoms with E-state index in [0.717, 1.165) is 55.3 Å². The van der Waals surface area contributed by atoms with E-state index >= 15 is 0 Å². The van der Waals surface area contributed by atoms with E-state index in [9.17, 15) is 4.79 Å². The molecule has 1 fully saturated rings. The molecule has 0 aliphatic carbocycles. The van der Waals surface area contributed by atoms with E-state index in [0.29, 0.717) is 13.0 Å². The van der Waals surface area contributed by atoms with Crippen LogP contribution in [0.1, 0.15) is 40.3 Å². The summed E-state index contributed by atoms with van der Waals surface area (Å²) in [5.74, 6) is 0.823. The van der Waals surface area contributed by atoms with Crippen molar-refractivity contribution in [3.63, 3.8) is 0 Å². The number of ether oxygens (including phenoxy) is 1. The van der Waals surface area contributed by atoms with Crippen LogP contribution in [0.25, 0.3) is 0 Å². The van der Waals surface area contributed by atoms with Crippen molar-refractivity contribution in [1.29, 1.82) is 0 Å². The van der Waals surface area contributed by atoms with Crippen molar-refractivity contribution in [3.05, 3.63) is 101 Å². The minimum Gasteiger partial charge on any atom is -0.496 e. The zero-order chi connectivity index (χ0) is 25.8. The summed E-state index contributed by atoms with van der Waals surface area (Å²) in [5.41, 5.74) is 6.79. The van der Waals surface area contributed by atoms with Gasteiger partial charge in [-0.1, -0.05) is 72.3 Å². The highest BCUT2D eigenvalue weighted by atomic mass is 16.5. The van der Waals surface area contributed by atoms with E-state index in [-0.39, 0.29) is 11.9 Å². The van der Waals surface area contributed by atoms with Gasteiger partial charge in [-0.25, -0.2) is 5.01 Å². The first-order chi connectivity index (χ1) is 18.0. The van der Waals surface area contributed by atoms with E-state index in [1.165, 1.54) is 16.7 Å². The first-order valence-electron chi connectivity index (χ1n) is 13.1. The molecule has 0 aromatic heterocycles. The Morgan fingerprint density at radius 3 is 2.35 bits per heavy atom. The van der Waals surface area contributed by atoms with Gasteiger partial charge in [-0.15, -0.1) is 0 Å². The van der Waals surface area contributed by atoms with E-state index in [2.05, 4.69) is 72.2 Å². The van der Waals surface area contributed by atoms with Gasteiger partial charge in [-0.05, 0) is 31.0 Å². The number of rotatable bonds is 7. The van der Waals surface area contributed by atoms with Crippen LogP contribution < -0.4 is 4.74 Å². The van der Waals surface area contributed by atoms with Gasteiger partial charge in [0, 0.05) is 50.3 Å². The molecule has 0 saturated carbocycles. The lowest BCUT2D eigenvalue weighted by Gasteiger charge is -2.35. The number of hydrogen-bond donors (Lipinski definition) is 0. The molecule has 1 amide bonds. The Morgan fingerprint density at radius 2 is 1.62 bits per heavy atom. The molecule has 0 spiro atoms. The van der Waals surface area contributed by atoms with E-state index in [1.807, 2.05) is 24.3 Å². The number of hydrogen-bond acceptors (Lipinski definition) is 5. The van der Waals surface area contributed by atoms with Crippen molar-refractivity contribution in [1.82, 2.24) is 14.8 Å². The molecular formula is C31H36N4O2. The highest BCUT2D eigenvalue weighted by Gasteiger charge is 2.36. The van der Waals surface area contributed by atoms with Gasteiger partial charge in [0.2, 0.25) is 0 Å². The van der Waals surface area contributed by atoms with Gasteiger partial charge in [0.25, 0.3) is 5.91 Å². The van der Waals surface area contributed by atoms with Crippen LogP contribution in [0, 0.1) is 13.8 Å². The van der Waals surface area contributed by atoms with Crippen LogP contribution in [0.3, 0.4) is 0 Å². The average Bonchev–Trinajstić information content (AvgIpc) is 3.35. The maximum Gasteiger partial charge on any atom is 0.257 e. The van der Waals surface area contributed by atoms with Gasteiger partial charge in [0.05, 0.1) is 25.4 Å². The Hall–Kier alpha value is -3.48. The molecular weight excluding hydrogens is 460 g/mol. The Bertz CT molecular complexity index is 1270. The van der Waals surface area contributed by atoms with Crippen LogP contribution in [-0.2, 0) is 11.3 Å². The molecule has 6 nitrogen and oxygen atoms in total. The van der Waals surface area contributed by atoms with Gasteiger partial charge in [0.15, 0.2) is 0 Å². The SMILES string of the molecule is COc1ccccc1[C@H]1CC(c2ccc(C)cc2C)=NN1C(=O)CN1CCN(Cc2ccccc2)CC1. The number of amides is 1. The van der Waals surface area contributed by atoms with Gasteiger partial charge >= 0.3 is 0 Å². The van der Waals surface area contributed by atoms with Gasteiger partial charge in [-0.3, -0.25) is 14.6 Å². The third-order valence-corrected chi connectivity index (χ3v) is 7.43. The molecule has 0 radical (unpaired) electrons. The maximum atomic E-state index is 13.7. The third kappa shape index (κ3) is 5.76. The summed E-state index contributed by atoms with van der Waals surface area (Å²) in [6, 6.07) is 24.8. The van der Waals surface area contributed by atoms with E-state index in [4.69, 9.17) is 9.84 Å². The minimum atomic E-state index is -0.182. The summed E-state index contributed by atoms with van der Waals surface area (Å²) < 4.78 is 5.67. The monoisotopic (exact) mass is 496 g/mol. The second kappa shape index (κ2) is 11.3. The fourth-order valence-corrected chi connectivity index (χ4v) is 5.44. The van der Waals surface area contributed by atoms with Crippen molar-refractivity contribution >= 4 is 11.6 Å². The second-order valence-electron chi connectivity index (χ2n) is 10.1. The summed E-state index contributed by atoms with van der Waals surface area (Å²) in [7, 11) is 1.68. The molecule has 0 unspecified atom stereocenters. The maximum absolute atomic E-state index is 13.7. The summed E-state index contributed by atoms with van der Waals surface area (Å²) in [4.78, 5) is 18.4. The molecule has 3 aromatic carbocycles. The molecule has 37 heavy (non-hydrogen) atoms. The molecule has 0 N–H and O–H groups in total. The number of hydrazone groups is 1. The number of piperazine rings is 1. The van der Waals surface area contributed by atoms with Crippen LogP contribution in [-0.4, -0.2) is 66.3 Å². The first kappa shape index (κ1) is 25.2. The van der Waals surface area contributed by atoms with Gasteiger partial charge < -0.3 is 4.74 Å². The number of carbonyl (C=O) groups excluding carboxylic acids is 1. The molecule has 6 heteroatoms. The predicted molar refractivity (Wildman–Crippen MR) is 148 cm³/mol. The molecule has 2 heterocycles. The standard InChI is InChI=1S/C31H36N4O2/c1-23-13-14-26(24(2)19-23)28-20-29(27-11-7-8-12-30(27)37-3)35(32-28)31(36)22-34-17-15-33(16-18-34)21-25-9-5-4-6-10-25/h4-14,19,29H,15-18,20-22H2,1-3H3/t29-/m1/s1. The molecule has 1 atom stereocenters. The van der Waals surface area contributed by atoms with Crippen LogP contribution in [0.4, 0.5) is 0 Å². The van der Waals surface area contributed by atoms with E-state index in [1.54, 1.807) is 12.1 Å². The van der Waals surface area contributed by atoms with Crippen molar-refractivity contribution in [2.45, 2.75) is 32.9 Å². The Kier molecular flexibility index (Phi) is 7.68. The Morgan fingerprint density at radius 1 is 0.919 bits per heavy atom. The van der Waals surface area contributed by atoms with Crippen molar-refractivity contribution in [3.8, 4) is 5.75 Å². The fourth-order valence-electron chi connectivity index (χ4n) is 5.44. The topological polar surface area (TPSA) is 48.4 Å². The molecule has 3 aromatic rings. The normalized spacial score (nSPS) is 18.6. The molecule has 0 bridgehead atoms. The first-order valence-corrected chi connectivity index (χ1v) is 13.1. The summed E-state index contributed by atoms with van der Waals surface area (Å²) >= 11 is 0. The Balaban J connectivity index is 1.31. The van der Waals surface area contributed by atoms with Crippen LogP contribution >= 0.6 is 0 Å². The molecule has 1 saturated heterocycles. The highest BCUT2D eigenvalue weighted by molar-refractivity contribution is 6.04. The number of para-hydroxylation sites is 1. The lowest BCUT2D eigenvalue weighted by molar-refractivity contribution is -0.134. The second-order valence-corrected chi connectivity index (χ2v) is 10.1. The quantitative estimate of drug-likeness (QED) is 0.471. The lowest BCUT2D eigenvalue weighted by Crippen LogP contribution is -2.49. The number of benzene rings is 3. The fraction of sp³-hybridized carbons (Fsp3) is 0.355. The molecule has 192 valence electrons. The largest absolute Gasteiger partial charge is 0.496 e. The molecule has 5 rings (SSSR count). The zero-order valence-electron chi connectivity index (χ0n) is 22.1.